The first-order chi connectivity index (χ1) is 5.51. The molecule has 0 bridgehead atoms. The van der Waals surface area contributed by atoms with E-state index >= 15 is 0 Å². The molecule has 1 rings (SSSR count). The smallest absolute Gasteiger partial charge is 0.307 e. The number of hydrogen-bond acceptors (Lipinski definition) is 1. The maximum Gasteiger partial charge on any atom is 0.307 e. The van der Waals surface area contributed by atoms with Crippen molar-refractivity contribution >= 4 is 5.97 Å². The number of aliphatic carboxylic acids is 1. The van der Waals surface area contributed by atoms with E-state index in [0.717, 1.165) is 0 Å². The third kappa shape index (κ3) is 1.29. The van der Waals surface area contributed by atoms with Gasteiger partial charge in [-0.15, -0.1) is 0 Å². The lowest BCUT2D eigenvalue weighted by atomic mass is 10.1. The average molecular weight is 166 g/mol. The lowest BCUT2D eigenvalue weighted by molar-refractivity contribution is -0.139. The van der Waals surface area contributed by atoms with Gasteiger partial charge in [0.2, 0.25) is 0 Å². The zero-order valence-corrected chi connectivity index (χ0v) is 7.45. The average Bonchev–Trinajstić information content (AvgIpc) is 2.49. The summed E-state index contributed by atoms with van der Waals surface area (Å²) in [7, 11) is 0. The lowest BCUT2D eigenvalue weighted by Gasteiger charge is -1.95. The molecule has 66 valence electrons. The highest BCUT2D eigenvalue weighted by Gasteiger charge is 2.60. The van der Waals surface area contributed by atoms with E-state index in [4.69, 9.17) is 5.11 Å². The Kier molecular flexibility index (Phi) is 2.09. The molecule has 2 heteroatoms. The van der Waals surface area contributed by atoms with Crippen LogP contribution in [-0.2, 0) is 4.79 Å². The van der Waals surface area contributed by atoms with Crippen molar-refractivity contribution in [2.45, 2.75) is 13.8 Å². The van der Waals surface area contributed by atoms with Gasteiger partial charge in [-0.05, 0) is 11.3 Å². The summed E-state index contributed by atoms with van der Waals surface area (Å²) in [5.41, 5.74) is -0.0780. The van der Waals surface area contributed by atoms with Crippen LogP contribution in [0.4, 0.5) is 0 Å². The Hall–Kier alpha value is -1.05. The number of carbonyl (C=O) groups is 1. The fraction of sp³-hybridized carbons (Fsp3) is 0.500. The van der Waals surface area contributed by atoms with Gasteiger partial charge >= 0.3 is 5.97 Å². The van der Waals surface area contributed by atoms with Gasteiger partial charge in [0, 0.05) is 0 Å². The molecular weight excluding hydrogens is 152 g/mol. The molecule has 0 aliphatic heterocycles. The minimum atomic E-state index is -0.696. The molecule has 0 spiro atoms. The van der Waals surface area contributed by atoms with E-state index < -0.39 is 5.97 Å². The van der Waals surface area contributed by atoms with Gasteiger partial charge in [-0.25, -0.2) is 0 Å². The standard InChI is InChI=1S/C10H14O2/c1-4-5-6-7-8(9(11)12)10(7,2)3/h4-8H,1H2,2-3H3,(H,11,12)/b6-5+. The van der Waals surface area contributed by atoms with E-state index in [0.29, 0.717) is 0 Å². The van der Waals surface area contributed by atoms with Gasteiger partial charge in [0.25, 0.3) is 0 Å². The summed E-state index contributed by atoms with van der Waals surface area (Å²) in [6, 6.07) is 0. The molecule has 2 unspecified atom stereocenters. The van der Waals surface area contributed by atoms with Gasteiger partial charge < -0.3 is 5.11 Å². The summed E-state index contributed by atoms with van der Waals surface area (Å²) < 4.78 is 0. The Balaban J connectivity index is 2.66. The summed E-state index contributed by atoms with van der Waals surface area (Å²) in [4.78, 5) is 10.7. The maximum absolute atomic E-state index is 10.7. The van der Waals surface area contributed by atoms with Crippen LogP contribution in [0.3, 0.4) is 0 Å². The largest absolute Gasteiger partial charge is 0.481 e. The van der Waals surface area contributed by atoms with Gasteiger partial charge in [0.1, 0.15) is 0 Å². The van der Waals surface area contributed by atoms with Crippen molar-refractivity contribution in [1.29, 1.82) is 0 Å². The van der Waals surface area contributed by atoms with Crippen LogP contribution in [0.1, 0.15) is 13.8 Å². The minimum absolute atomic E-state index is 0.0780. The van der Waals surface area contributed by atoms with Crippen LogP contribution in [0.25, 0.3) is 0 Å². The van der Waals surface area contributed by atoms with Gasteiger partial charge in [0.05, 0.1) is 5.92 Å². The van der Waals surface area contributed by atoms with Crippen molar-refractivity contribution in [2.24, 2.45) is 17.3 Å². The number of carboxylic acid groups (broad SMARTS) is 1. The van der Waals surface area contributed by atoms with Gasteiger partial charge in [0.15, 0.2) is 0 Å². The van der Waals surface area contributed by atoms with Crippen molar-refractivity contribution in [3.8, 4) is 0 Å². The van der Waals surface area contributed by atoms with E-state index in [1.165, 1.54) is 0 Å². The highest BCUT2D eigenvalue weighted by atomic mass is 16.4. The van der Waals surface area contributed by atoms with Crippen LogP contribution >= 0.6 is 0 Å². The Morgan fingerprint density at radius 1 is 1.58 bits per heavy atom. The summed E-state index contributed by atoms with van der Waals surface area (Å²) in [5.74, 6) is -0.736. The highest BCUT2D eigenvalue weighted by molar-refractivity contribution is 5.76. The number of allylic oxidation sites excluding steroid dienone is 3. The van der Waals surface area contributed by atoms with Crippen molar-refractivity contribution in [3.63, 3.8) is 0 Å². The molecule has 12 heavy (non-hydrogen) atoms. The summed E-state index contributed by atoms with van der Waals surface area (Å²) in [6.07, 6.45) is 5.41. The first kappa shape index (κ1) is 9.04. The Bertz CT molecular complexity index is 238. The summed E-state index contributed by atoms with van der Waals surface area (Å²) >= 11 is 0. The van der Waals surface area contributed by atoms with Gasteiger partial charge in [-0.2, -0.15) is 0 Å². The zero-order chi connectivity index (χ0) is 9.35. The molecule has 1 fully saturated rings. The molecule has 1 aliphatic rings. The van der Waals surface area contributed by atoms with Crippen molar-refractivity contribution in [3.05, 3.63) is 24.8 Å². The molecule has 0 aromatic rings. The van der Waals surface area contributed by atoms with Crippen LogP contribution in [0.15, 0.2) is 24.8 Å². The minimum Gasteiger partial charge on any atom is -0.481 e. The van der Waals surface area contributed by atoms with Crippen LogP contribution in [0, 0.1) is 17.3 Å². The normalized spacial score (nSPS) is 31.8. The van der Waals surface area contributed by atoms with E-state index in [1.54, 1.807) is 6.08 Å². The van der Waals surface area contributed by atoms with Crippen LogP contribution < -0.4 is 0 Å². The van der Waals surface area contributed by atoms with Crippen molar-refractivity contribution < 1.29 is 9.90 Å². The number of carboxylic acids is 1. The third-order valence-electron chi connectivity index (χ3n) is 2.63. The monoisotopic (exact) mass is 166 g/mol. The molecule has 1 saturated carbocycles. The quantitative estimate of drug-likeness (QED) is 0.652. The van der Waals surface area contributed by atoms with E-state index in [9.17, 15) is 4.79 Å². The summed E-state index contributed by atoms with van der Waals surface area (Å²) in [6.45, 7) is 7.50. The van der Waals surface area contributed by atoms with Crippen LogP contribution in [0.5, 0.6) is 0 Å². The third-order valence-corrected chi connectivity index (χ3v) is 2.63. The second-order valence-electron chi connectivity index (χ2n) is 3.78. The molecule has 0 radical (unpaired) electrons. The van der Waals surface area contributed by atoms with E-state index in [2.05, 4.69) is 6.58 Å². The maximum atomic E-state index is 10.7. The molecule has 1 aliphatic carbocycles. The predicted octanol–water partition coefficient (Wildman–Crippen LogP) is 2.09. The van der Waals surface area contributed by atoms with Gasteiger partial charge in [-0.3, -0.25) is 4.79 Å². The first-order valence-electron chi connectivity index (χ1n) is 4.04. The topological polar surface area (TPSA) is 37.3 Å². The predicted molar refractivity (Wildman–Crippen MR) is 47.7 cm³/mol. The Labute approximate surface area is 72.6 Å². The van der Waals surface area contributed by atoms with E-state index in [1.807, 2.05) is 26.0 Å². The zero-order valence-electron chi connectivity index (χ0n) is 7.45. The fourth-order valence-corrected chi connectivity index (χ4v) is 1.71. The molecule has 2 atom stereocenters. The number of rotatable bonds is 3. The number of hydrogen-bond donors (Lipinski definition) is 1. The molecule has 0 saturated heterocycles. The second kappa shape index (κ2) is 2.77. The molecule has 0 aromatic heterocycles. The molecule has 0 heterocycles. The highest BCUT2D eigenvalue weighted by Crippen LogP contribution is 2.58. The second-order valence-corrected chi connectivity index (χ2v) is 3.78. The molecule has 0 amide bonds. The van der Waals surface area contributed by atoms with Gasteiger partial charge in [-0.1, -0.05) is 38.7 Å². The first-order valence-corrected chi connectivity index (χ1v) is 4.04. The fourth-order valence-electron chi connectivity index (χ4n) is 1.71. The Morgan fingerprint density at radius 2 is 2.17 bits per heavy atom. The van der Waals surface area contributed by atoms with E-state index in [-0.39, 0.29) is 17.3 Å². The molecule has 1 N–H and O–H groups in total. The Morgan fingerprint density at radius 3 is 2.50 bits per heavy atom. The van der Waals surface area contributed by atoms with Crippen molar-refractivity contribution in [1.82, 2.24) is 0 Å². The van der Waals surface area contributed by atoms with Crippen molar-refractivity contribution in [2.75, 3.05) is 0 Å². The SMILES string of the molecule is C=C/C=C/C1C(C(=O)O)C1(C)C. The summed E-state index contributed by atoms with van der Waals surface area (Å²) in [5, 5.41) is 8.80. The molecular formula is C10H14O2. The molecule has 0 aromatic carbocycles. The molecule has 2 nitrogen and oxygen atoms in total. The lowest BCUT2D eigenvalue weighted by Crippen LogP contribution is -2.02. The van der Waals surface area contributed by atoms with Crippen LogP contribution in [0.2, 0.25) is 0 Å². The van der Waals surface area contributed by atoms with Crippen LogP contribution in [-0.4, -0.2) is 11.1 Å².